The van der Waals surface area contributed by atoms with Crippen LogP contribution in [0.5, 0.6) is 0 Å². The van der Waals surface area contributed by atoms with Crippen LogP contribution in [0.1, 0.15) is 19.3 Å². The molecule has 1 amide bonds. The van der Waals surface area contributed by atoms with E-state index in [-0.39, 0.29) is 12.5 Å². The van der Waals surface area contributed by atoms with Crippen molar-refractivity contribution in [2.45, 2.75) is 19.3 Å². The van der Waals surface area contributed by atoms with Crippen LogP contribution in [0.3, 0.4) is 0 Å². The summed E-state index contributed by atoms with van der Waals surface area (Å²) in [7, 11) is 1.82. The Labute approximate surface area is 73.3 Å². The van der Waals surface area contributed by atoms with E-state index >= 15 is 0 Å². The molecule has 0 unspecified atom stereocenters. The fourth-order valence-electron chi connectivity index (χ4n) is 0.792. The van der Waals surface area contributed by atoms with Crippen molar-refractivity contribution in [2.75, 3.05) is 26.7 Å². The van der Waals surface area contributed by atoms with Gasteiger partial charge in [-0.2, -0.15) is 0 Å². The molecule has 0 heterocycles. The molecule has 0 aromatic carbocycles. The summed E-state index contributed by atoms with van der Waals surface area (Å²) in [5.74, 6) is 0.0716. The molecule has 0 saturated carbocycles. The minimum Gasteiger partial charge on any atom is -0.396 e. The van der Waals surface area contributed by atoms with Gasteiger partial charge in [0, 0.05) is 26.1 Å². The van der Waals surface area contributed by atoms with Crippen LogP contribution in [-0.2, 0) is 4.79 Å². The van der Waals surface area contributed by atoms with Crippen LogP contribution < -0.4 is 10.6 Å². The SMILES string of the molecule is CNCCC(=O)NCCCCO. The molecule has 0 radical (unpaired) electrons. The van der Waals surface area contributed by atoms with E-state index in [1.54, 1.807) is 0 Å². The van der Waals surface area contributed by atoms with Crippen LogP contribution in [-0.4, -0.2) is 37.8 Å². The molecule has 0 aliphatic carbocycles. The van der Waals surface area contributed by atoms with Gasteiger partial charge in [-0.25, -0.2) is 0 Å². The Morgan fingerprint density at radius 2 is 2.08 bits per heavy atom. The molecule has 0 aromatic heterocycles. The normalized spacial score (nSPS) is 9.83. The van der Waals surface area contributed by atoms with Gasteiger partial charge in [0.25, 0.3) is 0 Å². The third-order valence-corrected chi connectivity index (χ3v) is 1.51. The first kappa shape index (κ1) is 11.4. The summed E-state index contributed by atoms with van der Waals surface area (Å²) in [5.41, 5.74) is 0. The van der Waals surface area contributed by atoms with Crippen molar-refractivity contribution in [1.82, 2.24) is 10.6 Å². The lowest BCUT2D eigenvalue weighted by molar-refractivity contribution is -0.121. The molecular weight excluding hydrogens is 156 g/mol. The van der Waals surface area contributed by atoms with Crippen LogP contribution in [0.25, 0.3) is 0 Å². The molecule has 0 atom stereocenters. The molecular formula is C8H18N2O2. The molecule has 0 rings (SSSR count). The maximum Gasteiger partial charge on any atom is 0.221 e. The highest BCUT2D eigenvalue weighted by molar-refractivity contribution is 5.75. The van der Waals surface area contributed by atoms with Gasteiger partial charge < -0.3 is 15.7 Å². The van der Waals surface area contributed by atoms with Gasteiger partial charge in [0.2, 0.25) is 5.91 Å². The number of carbonyl (C=O) groups excluding carboxylic acids is 1. The lowest BCUT2D eigenvalue weighted by atomic mass is 10.3. The third kappa shape index (κ3) is 7.50. The molecule has 4 heteroatoms. The summed E-state index contributed by atoms with van der Waals surface area (Å²) in [6.07, 6.45) is 2.13. The first-order chi connectivity index (χ1) is 5.81. The second kappa shape index (κ2) is 8.49. The second-order valence-electron chi connectivity index (χ2n) is 2.63. The van der Waals surface area contributed by atoms with E-state index in [1.165, 1.54) is 0 Å². The molecule has 0 saturated heterocycles. The summed E-state index contributed by atoms with van der Waals surface area (Å²) in [6.45, 7) is 1.58. The molecule has 3 N–H and O–H groups in total. The van der Waals surface area contributed by atoms with Gasteiger partial charge in [-0.15, -0.1) is 0 Å². The lowest BCUT2D eigenvalue weighted by Gasteiger charge is -2.03. The molecule has 12 heavy (non-hydrogen) atoms. The largest absolute Gasteiger partial charge is 0.396 e. The molecule has 4 nitrogen and oxygen atoms in total. The minimum atomic E-state index is 0.0716. The van der Waals surface area contributed by atoms with Crippen molar-refractivity contribution < 1.29 is 9.90 Å². The second-order valence-corrected chi connectivity index (χ2v) is 2.63. The molecule has 0 bridgehead atoms. The van der Waals surface area contributed by atoms with E-state index in [0.29, 0.717) is 19.5 Å². The average molecular weight is 174 g/mol. The van der Waals surface area contributed by atoms with E-state index in [2.05, 4.69) is 10.6 Å². The van der Waals surface area contributed by atoms with Gasteiger partial charge in [-0.1, -0.05) is 0 Å². The summed E-state index contributed by atoms with van der Waals surface area (Å²) >= 11 is 0. The molecule has 0 fully saturated rings. The lowest BCUT2D eigenvalue weighted by Crippen LogP contribution is -2.27. The van der Waals surface area contributed by atoms with Gasteiger partial charge in [0.05, 0.1) is 0 Å². The Morgan fingerprint density at radius 3 is 2.67 bits per heavy atom. The van der Waals surface area contributed by atoms with Crippen LogP contribution in [0.2, 0.25) is 0 Å². The standard InChI is InChI=1S/C8H18N2O2/c1-9-6-4-8(12)10-5-2-3-7-11/h9,11H,2-7H2,1H3,(H,10,12). The predicted octanol–water partition coefficient (Wildman–Crippen LogP) is -0.515. The van der Waals surface area contributed by atoms with Gasteiger partial charge in [-0.3, -0.25) is 4.79 Å². The Balaban J connectivity index is 3.08. The molecule has 0 aliphatic rings. The van der Waals surface area contributed by atoms with E-state index in [1.807, 2.05) is 7.05 Å². The van der Waals surface area contributed by atoms with Crippen molar-refractivity contribution in [1.29, 1.82) is 0 Å². The Hall–Kier alpha value is -0.610. The number of aliphatic hydroxyl groups excluding tert-OH is 1. The van der Waals surface area contributed by atoms with E-state index in [0.717, 1.165) is 12.8 Å². The Morgan fingerprint density at radius 1 is 1.33 bits per heavy atom. The summed E-state index contributed by atoms with van der Waals surface area (Å²) < 4.78 is 0. The van der Waals surface area contributed by atoms with Crippen molar-refractivity contribution in [3.63, 3.8) is 0 Å². The molecule has 0 spiro atoms. The van der Waals surface area contributed by atoms with E-state index < -0.39 is 0 Å². The number of rotatable bonds is 7. The van der Waals surface area contributed by atoms with E-state index in [9.17, 15) is 4.79 Å². The molecule has 72 valence electrons. The summed E-state index contributed by atoms with van der Waals surface area (Å²) in [4.78, 5) is 11.0. The molecule has 0 aliphatic heterocycles. The maximum absolute atomic E-state index is 11.0. The number of nitrogens with one attached hydrogen (secondary N) is 2. The van der Waals surface area contributed by atoms with Crippen molar-refractivity contribution in [2.24, 2.45) is 0 Å². The van der Waals surface area contributed by atoms with Crippen molar-refractivity contribution in [3.05, 3.63) is 0 Å². The summed E-state index contributed by atoms with van der Waals surface area (Å²) in [6, 6.07) is 0. The zero-order chi connectivity index (χ0) is 9.23. The average Bonchev–Trinajstić information content (AvgIpc) is 2.09. The van der Waals surface area contributed by atoms with Crippen molar-refractivity contribution in [3.8, 4) is 0 Å². The number of hydrogen-bond acceptors (Lipinski definition) is 3. The number of aliphatic hydroxyl groups is 1. The van der Waals surface area contributed by atoms with Gasteiger partial charge >= 0.3 is 0 Å². The van der Waals surface area contributed by atoms with Gasteiger partial charge in [0.15, 0.2) is 0 Å². The van der Waals surface area contributed by atoms with Crippen LogP contribution in [0.15, 0.2) is 0 Å². The Kier molecular flexibility index (Phi) is 8.05. The number of unbranched alkanes of at least 4 members (excludes halogenated alkanes) is 1. The monoisotopic (exact) mass is 174 g/mol. The quantitative estimate of drug-likeness (QED) is 0.455. The van der Waals surface area contributed by atoms with E-state index in [4.69, 9.17) is 5.11 Å². The first-order valence-corrected chi connectivity index (χ1v) is 4.33. The highest BCUT2D eigenvalue weighted by atomic mass is 16.2. The summed E-state index contributed by atoms with van der Waals surface area (Å²) in [5, 5.41) is 14.1. The minimum absolute atomic E-state index is 0.0716. The van der Waals surface area contributed by atoms with Crippen LogP contribution in [0.4, 0.5) is 0 Å². The third-order valence-electron chi connectivity index (χ3n) is 1.51. The predicted molar refractivity (Wildman–Crippen MR) is 47.9 cm³/mol. The highest BCUT2D eigenvalue weighted by Gasteiger charge is 1.97. The Bertz CT molecular complexity index is 118. The highest BCUT2D eigenvalue weighted by Crippen LogP contribution is 1.84. The number of carbonyl (C=O) groups is 1. The first-order valence-electron chi connectivity index (χ1n) is 4.33. The van der Waals surface area contributed by atoms with Crippen LogP contribution >= 0.6 is 0 Å². The topological polar surface area (TPSA) is 61.4 Å². The maximum atomic E-state index is 11.0. The number of hydrogen-bond donors (Lipinski definition) is 3. The van der Waals surface area contributed by atoms with Crippen LogP contribution in [0, 0.1) is 0 Å². The fraction of sp³-hybridized carbons (Fsp3) is 0.875. The fourth-order valence-corrected chi connectivity index (χ4v) is 0.792. The number of amides is 1. The van der Waals surface area contributed by atoms with Gasteiger partial charge in [-0.05, 0) is 19.9 Å². The molecule has 0 aromatic rings. The zero-order valence-electron chi connectivity index (χ0n) is 7.60. The van der Waals surface area contributed by atoms with Crippen molar-refractivity contribution >= 4 is 5.91 Å². The van der Waals surface area contributed by atoms with Gasteiger partial charge in [0.1, 0.15) is 0 Å². The smallest absolute Gasteiger partial charge is 0.221 e. The zero-order valence-corrected chi connectivity index (χ0v) is 7.60.